The van der Waals surface area contributed by atoms with Crippen LogP contribution in [0.3, 0.4) is 0 Å². The van der Waals surface area contributed by atoms with E-state index in [1.807, 2.05) is 0 Å². The third-order valence-corrected chi connectivity index (χ3v) is 3.78. The monoisotopic (exact) mass is 248 g/mol. The molecule has 2 rings (SSSR count). The third-order valence-electron chi connectivity index (χ3n) is 3.78. The number of benzene rings is 1. The molecule has 100 valence electrons. The zero-order valence-corrected chi connectivity index (χ0v) is 11.2. The van der Waals surface area contributed by atoms with Crippen molar-refractivity contribution in [2.75, 3.05) is 13.7 Å². The van der Waals surface area contributed by atoms with Crippen molar-refractivity contribution in [2.24, 2.45) is 5.84 Å². The molecule has 1 aromatic carbocycles. The van der Waals surface area contributed by atoms with Crippen LogP contribution in [0.4, 0.5) is 0 Å². The van der Waals surface area contributed by atoms with E-state index < -0.39 is 0 Å². The van der Waals surface area contributed by atoms with E-state index in [0.29, 0.717) is 6.04 Å². The normalized spacial score (nSPS) is 15.7. The fraction of sp³-hybridized carbons (Fsp3) is 0.600. The Morgan fingerprint density at radius 2 is 2.17 bits per heavy atom. The maximum Gasteiger partial charge on any atom is 0.0462 e. The van der Waals surface area contributed by atoms with Crippen LogP contribution < -0.4 is 11.3 Å². The third kappa shape index (κ3) is 3.55. The number of hydrogen-bond donors (Lipinski definition) is 2. The van der Waals surface area contributed by atoms with Crippen molar-refractivity contribution in [3.05, 3.63) is 34.9 Å². The van der Waals surface area contributed by atoms with Gasteiger partial charge >= 0.3 is 0 Å². The van der Waals surface area contributed by atoms with Gasteiger partial charge in [0.15, 0.2) is 0 Å². The van der Waals surface area contributed by atoms with Crippen LogP contribution in [-0.4, -0.2) is 19.8 Å². The van der Waals surface area contributed by atoms with Gasteiger partial charge in [-0.05, 0) is 55.2 Å². The molecule has 0 amide bonds. The zero-order chi connectivity index (χ0) is 12.8. The molecule has 0 aromatic heterocycles. The van der Waals surface area contributed by atoms with E-state index in [1.165, 1.54) is 30.4 Å². The first kappa shape index (κ1) is 13.5. The summed E-state index contributed by atoms with van der Waals surface area (Å²) in [6.07, 6.45) is 6.92. The minimum Gasteiger partial charge on any atom is -0.385 e. The smallest absolute Gasteiger partial charge is 0.0462 e. The molecule has 18 heavy (non-hydrogen) atoms. The number of nitrogens with two attached hydrogens (primary N) is 1. The summed E-state index contributed by atoms with van der Waals surface area (Å²) in [6, 6.07) is 7.26. The zero-order valence-electron chi connectivity index (χ0n) is 11.2. The summed E-state index contributed by atoms with van der Waals surface area (Å²) in [6.45, 7) is 0.808. The summed E-state index contributed by atoms with van der Waals surface area (Å²) in [5, 5.41) is 0. The standard InChI is InChI=1S/C15H24N2O/c1-18-9-3-6-15(17-16)11-12-7-8-13-4-2-5-14(13)10-12/h7-8,10,15,17H,2-6,9,11,16H2,1H3. The number of ether oxygens (including phenoxy) is 1. The first-order valence-corrected chi connectivity index (χ1v) is 6.89. The van der Waals surface area contributed by atoms with Crippen molar-refractivity contribution in [1.29, 1.82) is 0 Å². The molecule has 0 heterocycles. The van der Waals surface area contributed by atoms with Gasteiger partial charge in [-0.15, -0.1) is 0 Å². The number of hydrazine groups is 1. The van der Waals surface area contributed by atoms with Crippen molar-refractivity contribution in [3.63, 3.8) is 0 Å². The SMILES string of the molecule is COCCCC(Cc1ccc2c(c1)CCC2)NN. The molecule has 3 nitrogen and oxygen atoms in total. The first-order valence-electron chi connectivity index (χ1n) is 6.89. The van der Waals surface area contributed by atoms with E-state index in [1.54, 1.807) is 12.7 Å². The van der Waals surface area contributed by atoms with Gasteiger partial charge in [0.05, 0.1) is 0 Å². The van der Waals surface area contributed by atoms with Crippen LogP contribution in [0, 0.1) is 0 Å². The summed E-state index contributed by atoms with van der Waals surface area (Å²) >= 11 is 0. The first-order chi connectivity index (χ1) is 8.83. The molecule has 1 aliphatic rings. The molecule has 0 radical (unpaired) electrons. The second-order valence-electron chi connectivity index (χ2n) is 5.16. The summed E-state index contributed by atoms with van der Waals surface area (Å²) < 4.78 is 5.08. The molecule has 0 fully saturated rings. The fourth-order valence-electron chi connectivity index (χ4n) is 2.76. The van der Waals surface area contributed by atoms with Gasteiger partial charge in [-0.3, -0.25) is 11.3 Å². The molecular weight excluding hydrogens is 224 g/mol. The van der Waals surface area contributed by atoms with Gasteiger partial charge in [-0.25, -0.2) is 0 Å². The largest absolute Gasteiger partial charge is 0.385 e. The van der Waals surface area contributed by atoms with Crippen molar-refractivity contribution in [3.8, 4) is 0 Å². The maximum absolute atomic E-state index is 5.62. The van der Waals surface area contributed by atoms with Crippen LogP contribution in [0.25, 0.3) is 0 Å². The highest BCUT2D eigenvalue weighted by molar-refractivity contribution is 5.35. The quantitative estimate of drug-likeness (QED) is 0.440. The summed E-state index contributed by atoms with van der Waals surface area (Å²) in [5.41, 5.74) is 7.40. The number of hydrogen-bond acceptors (Lipinski definition) is 3. The molecule has 0 spiro atoms. The van der Waals surface area contributed by atoms with E-state index in [0.717, 1.165) is 25.9 Å². The van der Waals surface area contributed by atoms with Gasteiger partial charge in [0.2, 0.25) is 0 Å². The highest BCUT2D eigenvalue weighted by atomic mass is 16.5. The van der Waals surface area contributed by atoms with Gasteiger partial charge in [0.25, 0.3) is 0 Å². The highest BCUT2D eigenvalue weighted by Crippen LogP contribution is 2.23. The summed E-state index contributed by atoms with van der Waals surface area (Å²) in [5.74, 6) is 5.62. The van der Waals surface area contributed by atoms with Crippen molar-refractivity contribution in [1.82, 2.24) is 5.43 Å². The van der Waals surface area contributed by atoms with E-state index in [2.05, 4.69) is 23.6 Å². The van der Waals surface area contributed by atoms with Crippen LogP contribution in [0.2, 0.25) is 0 Å². The molecule has 0 saturated heterocycles. The Balaban J connectivity index is 1.90. The van der Waals surface area contributed by atoms with Gasteiger partial charge in [-0.1, -0.05) is 18.2 Å². The number of methoxy groups -OCH3 is 1. The molecule has 1 unspecified atom stereocenters. The topological polar surface area (TPSA) is 47.3 Å². The molecule has 1 atom stereocenters. The lowest BCUT2D eigenvalue weighted by Gasteiger charge is -2.16. The van der Waals surface area contributed by atoms with Gasteiger partial charge < -0.3 is 4.74 Å². The number of aryl methyl sites for hydroxylation is 2. The molecule has 0 aliphatic heterocycles. The van der Waals surface area contributed by atoms with E-state index in [4.69, 9.17) is 10.6 Å². The highest BCUT2D eigenvalue weighted by Gasteiger charge is 2.13. The molecule has 3 N–H and O–H groups in total. The second-order valence-corrected chi connectivity index (χ2v) is 5.16. The van der Waals surface area contributed by atoms with Crippen LogP contribution in [-0.2, 0) is 24.0 Å². The van der Waals surface area contributed by atoms with Crippen molar-refractivity contribution >= 4 is 0 Å². The number of nitrogens with one attached hydrogen (secondary N) is 1. The average molecular weight is 248 g/mol. The number of rotatable bonds is 7. The lowest BCUT2D eigenvalue weighted by Crippen LogP contribution is -2.36. The lowest BCUT2D eigenvalue weighted by molar-refractivity contribution is 0.188. The van der Waals surface area contributed by atoms with Crippen LogP contribution >= 0.6 is 0 Å². The van der Waals surface area contributed by atoms with Gasteiger partial charge in [0.1, 0.15) is 0 Å². The van der Waals surface area contributed by atoms with Crippen LogP contribution in [0.5, 0.6) is 0 Å². The molecule has 1 aromatic rings. The summed E-state index contributed by atoms with van der Waals surface area (Å²) in [4.78, 5) is 0. The Kier molecular flexibility index (Phi) is 5.17. The minimum atomic E-state index is 0.347. The lowest BCUT2D eigenvalue weighted by atomic mass is 9.99. The van der Waals surface area contributed by atoms with Crippen molar-refractivity contribution < 1.29 is 4.74 Å². The number of fused-ring (bicyclic) bond motifs is 1. The Hall–Kier alpha value is -0.900. The molecule has 0 bridgehead atoms. The molecular formula is C15H24N2O. The predicted molar refractivity (Wildman–Crippen MR) is 74.4 cm³/mol. The second kappa shape index (κ2) is 6.88. The molecule has 1 aliphatic carbocycles. The Bertz CT molecular complexity index is 379. The molecule has 3 heteroatoms. The minimum absolute atomic E-state index is 0.347. The van der Waals surface area contributed by atoms with Crippen molar-refractivity contribution in [2.45, 2.75) is 44.6 Å². The Morgan fingerprint density at radius 3 is 2.94 bits per heavy atom. The Morgan fingerprint density at radius 1 is 1.33 bits per heavy atom. The van der Waals surface area contributed by atoms with E-state index in [-0.39, 0.29) is 0 Å². The predicted octanol–water partition coefficient (Wildman–Crippen LogP) is 1.98. The van der Waals surface area contributed by atoms with E-state index in [9.17, 15) is 0 Å². The fourth-order valence-corrected chi connectivity index (χ4v) is 2.76. The maximum atomic E-state index is 5.62. The van der Waals surface area contributed by atoms with Crippen LogP contribution in [0.1, 0.15) is 36.0 Å². The van der Waals surface area contributed by atoms with Gasteiger partial charge in [0, 0.05) is 19.8 Å². The van der Waals surface area contributed by atoms with Gasteiger partial charge in [-0.2, -0.15) is 0 Å². The summed E-state index contributed by atoms with van der Waals surface area (Å²) in [7, 11) is 1.74. The Labute approximate surface area is 110 Å². The van der Waals surface area contributed by atoms with Crippen LogP contribution in [0.15, 0.2) is 18.2 Å². The average Bonchev–Trinajstić information content (AvgIpc) is 2.85. The van der Waals surface area contributed by atoms with E-state index >= 15 is 0 Å². The molecule has 0 saturated carbocycles.